The number of nitrogens with one attached hydrogen (secondary N) is 3. The number of Topliss-reactive ketones (excluding diaryl/α,β-unsaturated/α-hetero) is 1. The van der Waals surface area contributed by atoms with Crippen LogP contribution in [0, 0.1) is 0 Å². The van der Waals surface area contributed by atoms with Crippen LogP contribution in [0.4, 0.5) is 9.59 Å². The van der Waals surface area contributed by atoms with Gasteiger partial charge in [0, 0.05) is 52.0 Å². The Bertz CT molecular complexity index is 2250. The molecule has 0 bridgehead atoms. The molecule has 0 saturated heterocycles. The maximum atomic E-state index is 14.5. The molecule has 5 N–H and O–H groups in total. The first kappa shape index (κ1) is 55.7. The van der Waals surface area contributed by atoms with Crippen LogP contribution in [0.2, 0.25) is 0 Å². The lowest BCUT2D eigenvalue weighted by Crippen LogP contribution is -2.58. The van der Waals surface area contributed by atoms with Crippen molar-refractivity contribution in [3.05, 3.63) is 126 Å². The lowest BCUT2D eigenvalue weighted by Gasteiger charge is -2.28. The second kappa shape index (κ2) is 30.5. The average Bonchev–Trinajstić information content (AvgIpc) is 3.83. The number of nitrogens with two attached hydrogens (primary N) is 1. The molecule has 0 aliphatic carbocycles. The number of alkyl carbamates (subject to hydrolysis) is 1. The fraction of sp³-hybridized carbons (Fsp3) is 0.462. The Kier molecular flexibility index (Phi) is 24.3. The summed E-state index contributed by atoms with van der Waals surface area (Å²) in [6, 6.07) is 21.3. The van der Waals surface area contributed by atoms with Gasteiger partial charge in [0.15, 0.2) is 0 Å². The van der Waals surface area contributed by atoms with Gasteiger partial charge in [-0.3, -0.25) is 24.0 Å². The summed E-state index contributed by atoms with van der Waals surface area (Å²) in [5, 5.41) is 16.6. The largest absolute Gasteiger partial charge is 0.497 e. The highest BCUT2D eigenvalue weighted by Gasteiger charge is 2.33. The number of aromatic nitrogens is 3. The van der Waals surface area contributed by atoms with Gasteiger partial charge in [0.1, 0.15) is 35.9 Å². The molecule has 18 nitrogen and oxygen atoms in total. The van der Waals surface area contributed by atoms with Crippen LogP contribution in [0.5, 0.6) is 5.75 Å². The van der Waals surface area contributed by atoms with Gasteiger partial charge in [-0.1, -0.05) is 97.8 Å². The topological polar surface area (TPSA) is 229 Å². The number of rotatable bonds is 31. The minimum atomic E-state index is -1.20. The number of carbonyl (C=O) groups is 6. The summed E-state index contributed by atoms with van der Waals surface area (Å²) < 4.78 is 18.0. The molecular weight excluding hydrogens is 895 g/mol. The number of urea groups is 1. The van der Waals surface area contributed by atoms with Crippen molar-refractivity contribution >= 4 is 35.6 Å². The van der Waals surface area contributed by atoms with Crippen LogP contribution in [0.15, 0.2) is 97.7 Å². The van der Waals surface area contributed by atoms with Crippen molar-refractivity contribution in [2.45, 2.75) is 123 Å². The Morgan fingerprint density at radius 2 is 1.56 bits per heavy atom. The summed E-state index contributed by atoms with van der Waals surface area (Å²) >= 11 is 0. The van der Waals surface area contributed by atoms with E-state index in [1.54, 1.807) is 49.4 Å². The number of methoxy groups -OCH3 is 1. The zero-order valence-electron chi connectivity index (χ0n) is 41.1. The molecule has 0 saturated carbocycles. The van der Waals surface area contributed by atoms with Gasteiger partial charge in [-0.15, -0.1) is 11.7 Å². The minimum Gasteiger partial charge on any atom is -0.497 e. The van der Waals surface area contributed by atoms with Crippen LogP contribution < -0.4 is 26.4 Å². The van der Waals surface area contributed by atoms with Crippen LogP contribution in [0.1, 0.15) is 93.7 Å². The normalized spacial score (nSPS) is 12.2. The third kappa shape index (κ3) is 20.0. The summed E-state index contributed by atoms with van der Waals surface area (Å²) in [5.74, 6) is -0.714. The van der Waals surface area contributed by atoms with E-state index in [0.717, 1.165) is 52.8 Å². The summed E-state index contributed by atoms with van der Waals surface area (Å²) in [4.78, 5) is 81.7. The molecule has 0 aliphatic rings. The van der Waals surface area contributed by atoms with Crippen LogP contribution >= 0.6 is 0 Å². The van der Waals surface area contributed by atoms with E-state index < -0.39 is 42.1 Å². The molecule has 0 fully saturated rings. The SMILES string of the molecule is C=CCCCN(Cc1ccc(CCNC(=O)N(CCCCC)C(=O)[C@H](Cc2ccc(OC)cc2)NC(=O)[C@@H](N)[C@@H](C)OCc2cn(CCNC(=O)OCc3ccccc3)nn2)cc1)C(=O)CCC(C)=O. The first-order valence-corrected chi connectivity index (χ1v) is 24.0. The Morgan fingerprint density at radius 3 is 2.24 bits per heavy atom. The average molecular weight is 966 g/mol. The van der Waals surface area contributed by atoms with Crippen molar-refractivity contribution in [3.63, 3.8) is 0 Å². The number of ketones is 1. The molecule has 0 radical (unpaired) electrons. The smallest absolute Gasteiger partial charge is 0.407 e. The number of allylic oxidation sites excluding steroid dienone is 1. The number of amides is 6. The molecular formula is C52H71N9O9. The molecule has 4 aromatic rings. The van der Waals surface area contributed by atoms with Gasteiger partial charge in [-0.05, 0) is 73.9 Å². The van der Waals surface area contributed by atoms with Crippen LogP contribution in [-0.4, -0.2) is 112 Å². The number of hydrogen-bond donors (Lipinski definition) is 4. The van der Waals surface area contributed by atoms with Gasteiger partial charge in [-0.25, -0.2) is 9.59 Å². The quantitative estimate of drug-likeness (QED) is 0.0346. The van der Waals surface area contributed by atoms with Crippen LogP contribution in [-0.2, 0) is 67.8 Å². The van der Waals surface area contributed by atoms with Gasteiger partial charge in [-0.2, -0.15) is 0 Å². The van der Waals surface area contributed by atoms with E-state index in [1.165, 1.54) is 11.6 Å². The first-order valence-electron chi connectivity index (χ1n) is 24.0. The number of benzene rings is 3. The monoisotopic (exact) mass is 966 g/mol. The molecule has 0 unspecified atom stereocenters. The molecule has 0 spiro atoms. The second-order valence-corrected chi connectivity index (χ2v) is 17.1. The van der Waals surface area contributed by atoms with Crippen molar-refractivity contribution < 1.29 is 43.0 Å². The van der Waals surface area contributed by atoms with Crippen LogP contribution in [0.25, 0.3) is 0 Å². The van der Waals surface area contributed by atoms with E-state index in [-0.39, 0.29) is 63.8 Å². The van der Waals surface area contributed by atoms with Gasteiger partial charge in [0.2, 0.25) is 11.8 Å². The molecule has 0 aliphatic heterocycles. The fourth-order valence-corrected chi connectivity index (χ4v) is 7.18. The number of unbranched alkanes of at least 4 members (excludes halogenated alkanes) is 3. The number of nitrogens with zero attached hydrogens (tertiary/aromatic N) is 5. The van der Waals surface area contributed by atoms with Crippen LogP contribution in [0.3, 0.4) is 0 Å². The lowest BCUT2D eigenvalue weighted by molar-refractivity contribution is -0.135. The predicted molar refractivity (Wildman–Crippen MR) is 265 cm³/mol. The Balaban J connectivity index is 1.35. The van der Waals surface area contributed by atoms with Gasteiger partial charge >= 0.3 is 12.1 Å². The van der Waals surface area contributed by atoms with E-state index in [0.29, 0.717) is 43.9 Å². The number of ether oxygens (including phenoxy) is 3. The number of carbonyl (C=O) groups excluding carboxylic acids is 6. The summed E-state index contributed by atoms with van der Waals surface area (Å²) in [6.07, 6.45) is 6.77. The zero-order valence-corrected chi connectivity index (χ0v) is 41.1. The van der Waals surface area contributed by atoms with E-state index in [2.05, 4.69) is 32.8 Å². The molecule has 1 aromatic heterocycles. The maximum absolute atomic E-state index is 14.5. The first-order chi connectivity index (χ1) is 33.8. The van der Waals surface area contributed by atoms with E-state index in [9.17, 15) is 28.8 Å². The van der Waals surface area contributed by atoms with E-state index in [1.807, 2.05) is 67.6 Å². The molecule has 3 atom stereocenters. The predicted octanol–water partition coefficient (Wildman–Crippen LogP) is 5.81. The van der Waals surface area contributed by atoms with Gasteiger partial charge in [0.05, 0.1) is 32.6 Å². The molecule has 6 amide bonds. The van der Waals surface area contributed by atoms with E-state index in [4.69, 9.17) is 19.9 Å². The Hall–Kier alpha value is -6.92. The maximum Gasteiger partial charge on any atom is 0.407 e. The molecule has 4 rings (SSSR count). The standard InChI is InChI=1S/C52H71N9O9/c1-6-8-13-30-59(47(63)26-17-38(3)62)34-42-20-18-40(19-21-42)27-28-54-51(66)61(31-14-9-7-2)50(65)46(33-41-22-24-45(68-5)25-23-41)56-49(64)48(53)39(4)69-37-44-35-60(58-57-44)32-29-55-52(67)70-36-43-15-11-10-12-16-43/h6,10-12,15-16,18-25,35,39,46,48H,1,7-9,13-14,17,26-34,36-37,53H2,2-5H3,(H,54,66)(H,55,67)(H,56,64)/t39-,46+,48+/m1/s1. The van der Waals surface area contributed by atoms with Crippen molar-refractivity contribution in [2.24, 2.45) is 5.73 Å². The summed E-state index contributed by atoms with van der Waals surface area (Å²) in [5.41, 5.74) is 10.4. The second-order valence-electron chi connectivity index (χ2n) is 17.1. The number of hydrogen-bond acceptors (Lipinski definition) is 12. The number of imide groups is 1. The highest BCUT2D eigenvalue weighted by molar-refractivity contribution is 5.99. The van der Waals surface area contributed by atoms with Crippen molar-refractivity contribution in [1.82, 2.24) is 40.7 Å². The minimum absolute atomic E-state index is 0.0162. The highest BCUT2D eigenvalue weighted by atomic mass is 16.5. The Morgan fingerprint density at radius 1 is 0.843 bits per heavy atom. The Labute approximate surface area is 411 Å². The third-order valence-corrected chi connectivity index (χ3v) is 11.4. The van der Waals surface area contributed by atoms with E-state index >= 15 is 0 Å². The fourth-order valence-electron chi connectivity index (χ4n) is 7.18. The summed E-state index contributed by atoms with van der Waals surface area (Å²) in [7, 11) is 1.55. The molecule has 1 heterocycles. The zero-order chi connectivity index (χ0) is 50.7. The molecule has 3 aromatic carbocycles. The van der Waals surface area contributed by atoms with Crippen molar-refractivity contribution in [1.29, 1.82) is 0 Å². The summed E-state index contributed by atoms with van der Waals surface area (Å²) in [6.45, 7) is 11.0. The molecule has 378 valence electrons. The lowest BCUT2D eigenvalue weighted by atomic mass is 10.0. The van der Waals surface area contributed by atoms with Gasteiger partial charge < -0.3 is 45.6 Å². The highest BCUT2D eigenvalue weighted by Crippen LogP contribution is 2.16. The molecule has 70 heavy (non-hydrogen) atoms. The molecule has 18 heteroatoms. The van der Waals surface area contributed by atoms with Gasteiger partial charge in [0.25, 0.3) is 5.91 Å². The van der Waals surface area contributed by atoms with Crippen molar-refractivity contribution in [2.75, 3.05) is 33.3 Å². The van der Waals surface area contributed by atoms with Crippen molar-refractivity contribution in [3.8, 4) is 5.75 Å². The third-order valence-electron chi connectivity index (χ3n) is 11.4.